The monoisotopic (exact) mass is 185 g/mol. The second-order valence-electron chi connectivity index (χ2n) is 2.43. The summed E-state index contributed by atoms with van der Waals surface area (Å²) >= 11 is 4.25. The SMILES string of the molecule is CC(=O)NCC(S)c1ncc[nH]1. The highest BCUT2D eigenvalue weighted by molar-refractivity contribution is 7.80. The summed E-state index contributed by atoms with van der Waals surface area (Å²) in [5, 5.41) is 2.59. The number of amides is 1. The van der Waals surface area contributed by atoms with Crippen LogP contribution in [0.25, 0.3) is 0 Å². The number of nitrogens with one attached hydrogen (secondary N) is 2. The van der Waals surface area contributed by atoms with E-state index in [0.29, 0.717) is 6.54 Å². The van der Waals surface area contributed by atoms with Crippen molar-refractivity contribution in [2.45, 2.75) is 12.2 Å². The Bertz CT molecular complexity index is 247. The van der Waals surface area contributed by atoms with Crippen molar-refractivity contribution in [3.8, 4) is 0 Å². The van der Waals surface area contributed by atoms with Crippen LogP contribution in [0.15, 0.2) is 12.4 Å². The van der Waals surface area contributed by atoms with E-state index in [4.69, 9.17) is 0 Å². The summed E-state index contributed by atoms with van der Waals surface area (Å²) < 4.78 is 0. The van der Waals surface area contributed by atoms with Gasteiger partial charge in [0.15, 0.2) is 0 Å². The molecule has 1 aromatic heterocycles. The zero-order chi connectivity index (χ0) is 8.97. The molecule has 1 unspecified atom stereocenters. The summed E-state index contributed by atoms with van der Waals surface area (Å²) in [5.74, 6) is 0.715. The van der Waals surface area contributed by atoms with Gasteiger partial charge in [-0.1, -0.05) is 0 Å². The van der Waals surface area contributed by atoms with Crippen molar-refractivity contribution in [3.63, 3.8) is 0 Å². The van der Waals surface area contributed by atoms with Crippen LogP contribution in [0.2, 0.25) is 0 Å². The molecule has 0 fully saturated rings. The fraction of sp³-hybridized carbons (Fsp3) is 0.429. The van der Waals surface area contributed by atoms with Crippen LogP contribution in [0.4, 0.5) is 0 Å². The smallest absolute Gasteiger partial charge is 0.216 e. The number of nitrogens with zero attached hydrogens (tertiary/aromatic N) is 1. The summed E-state index contributed by atoms with van der Waals surface area (Å²) in [6.45, 7) is 1.97. The maximum Gasteiger partial charge on any atom is 0.216 e. The molecule has 0 aliphatic rings. The van der Waals surface area contributed by atoms with Gasteiger partial charge in [0.1, 0.15) is 5.82 Å². The Kier molecular flexibility index (Phi) is 3.16. The first-order valence-corrected chi connectivity index (χ1v) is 4.13. The molecule has 5 heteroatoms. The van der Waals surface area contributed by atoms with E-state index in [1.807, 2.05) is 0 Å². The van der Waals surface area contributed by atoms with Crippen molar-refractivity contribution in [3.05, 3.63) is 18.2 Å². The fourth-order valence-electron chi connectivity index (χ4n) is 0.797. The predicted molar refractivity (Wildman–Crippen MR) is 49.0 cm³/mol. The number of hydrogen-bond donors (Lipinski definition) is 3. The van der Waals surface area contributed by atoms with Crippen LogP contribution in [0.3, 0.4) is 0 Å². The first kappa shape index (κ1) is 9.12. The number of hydrogen-bond acceptors (Lipinski definition) is 3. The molecule has 0 saturated heterocycles. The first-order chi connectivity index (χ1) is 5.70. The molecule has 1 amide bonds. The number of aromatic amines is 1. The molecule has 2 N–H and O–H groups in total. The van der Waals surface area contributed by atoms with Gasteiger partial charge >= 0.3 is 0 Å². The summed E-state index contributed by atoms with van der Waals surface area (Å²) in [6.07, 6.45) is 3.39. The number of H-pyrrole nitrogens is 1. The molecule has 1 atom stereocenters. The average molecular weight is 185 g/mol. The summed E-state index contributed by atoms with van der Waals surface area (Å²) in [5.41, 5.74) is 0. The van der Waals surface area contributed by atoms with Gasteiger partial charge in [0.05, 0.1) is 5.25 Å². The third-order valence-corrected chi connectivity index (χ3v) is 1.81. The topological polar surface area (TPSA) is 57.8 Å². The van der Waals surface area contributed by atoms with E-state index in [1.165, 1.54) is 6.92 Å². The molecule has 66 valence electrons. The van der Waals surface area contributed by atoms with Crippen LogP contribution in [-0.4, -0.2) is 22.4 Å². The van der Waals surface area contributed by atoms with Gasteiger partial charge in [0.25, 0.3) is 0 Å². The highest BCUT2D eigenvalue weighted by atomic mass is 32.1. The van der Waals surface area contributed by atoms with Crippen molar-refractivity contribution in [2.24, 2.45) is 0 Å². The minimum Gasteiger partial charge on any atom is -0.355 e. The number of thiol groups is 1. The molecule has 0 saturated carbocycles. The van der Waals surface area contributed by atoms with E-state index in [1.54, 1.807) is 12.4 Å². The minimum atomic E-state index is -0.0658. The van der Waals surface area contributed by atoms with E-state index >= 15 is 0 Å². The molecular weight excluding hydrogens is 174 g/mol. The normalized spacial score (nSPS) is 12.5. The zero-order valence-corrected chi connectivity index (χ0v) is 7.64. The van der Waals surface area contributed by atoms with Gasteiger partial charge in [0.2, 0.25) is 5.91 Å². The Morgan fingerprint density at radius 1 is 1.92 bits per heavy atom. The maximum absolute atomic E-state index is 10.5. The Hall–Kier alpha value is -0.970. The molecule has 1 rings (SSSR count). The van der Waals surface area contributed by atoms with E-state index in [-0.39, 0.29) is 11.2 Å². The third-order valence-electron chi connectivity index (χ3n) is 1.38. The van der Waals surface area contributed by atoms with Gasteiger partial charge in [0, 0.05) is 25.9 Å². The van der Waals surface area contributed by atoms with Gasteiger partial charge in [-0.05, 0) is 0 Å². The van der Waals surface area contributed by atoms with E-state index in [0.717, 1.165) is 5.82 Å². The van der Waals surface area contributed by atoms with Crippen LogP contribution in [0.5, 0.6) is 0 Å². The lowest BCUT2D eigenvalue weighted by atomic mass is 10.4. The number of carbonyl (C=O) groups excluding carboxylic acids is 1. The molecule has 0 bridgehead atoms. The molecular formula is C7H11N3OS. The van der Waals surface area contributed by atoms with Gasteiger partial charge in [-0.15, -0.1) is 0 Å². The highest BCUT2D eigenvalue weighted by Crippen LogP contribution is 2.12. The number of aromatic nitrogens is 2. The Balaban J connectivity index is 2.39. The van der Waals surface area contributed by atoms with Crippen molar-refractivity contribution in [1.29, 1.82) is 0 Å². The van der Waals surface area contributed by atoms with Crippen molar-refractivity contribution in [2.75, 3.05) is 6.54 Å². The highest BCUT2D eigenvalue weighted by Gasteiger charge is 2.07. The minimum absolute atomic E-state index is 0.0550. The number of rotatable bonds is 3. The number of carbonyl (C=O) groups is 1. The maximum atomic E-state index is 10.5. The van der Waals surface area contributed by atoms with Crippen molar-refractivity contribution in [1.82, 2.24) is 15.3 Å². The molecule has 0 aromatic carbocycles. The average Bonchev–Trinajstić information content (AvgIpc) is 2.51. The van der Waals surface area contributed by atoms with Crippen molar-refractivity contribution >= 4 is 18.5 Å². The standard InChI is InChI=1S/C7H11N3OS/c1-5(11)10-4-6(12)7-8-2-3-9-7/h2-3,6,12H,4H2,1H3,(H,8,9)(H,10,11). The zero-order valence-electron chi connectivity index (χ0n) is 6.74. The fourth-order valence-corrected chi connectivity index (χ4v) is 1.03. The number of imidazole rings is 1. The predicted octanol–water partition coefficient (Wildman–Crippen LogP) is 0.517. The van der Waals surface area contributed by atoms with Gasteiger partial charge in [-0.25, -0.2) is 4.98 Å². The molecule has 0 aliphatic carbocycles. The molecule has 0 spiro atoms. The Morgan fingerprint density at radius 3 is 3.17 bits per heavy atom. The van der Waals surface area contributed by atoms with Crippen LogP contribution < -0.4 is 5.32 Å². The second kappa shape index (κ2) is 4.15. The molecule has 4 nitrogen and oxygen atoms in total. The lowest BCUT2D eigenvalue weighted by Crippen LogP contribution is -2.24. The second-order valence-corrected chi connectivity index (χ2v) is 3.05. The molecule has 0 radical (unpaired) electrons. The van der Waals surface area contributed by atoms with E-state index in [2.05, 4.69) is 27.9 Å². The van der Waals surface area contributed by atoms with Crippen LogP contribution in [0.1, 0.15) is 18.0 Å². The van der Waals surface area contributed by atoms with E-state index in [9.17, 15) is 4.79 Å². The summed E-state index contributed by atoms with van der Waals surface area (Å²) in [6, 6.07) is 0. The first-order valence-electron chi connectivity index (χ1n) is 3.62. The van der Waals surface area contributed by atoms with Gasteiger partial charge in [-0.2, -0.15) is 12.6 Å². The van der Waals surface area contributed by atoms with Gasteiger partial charge < -0.3 is 10.3 Å². The summed E-state index contributed by atoms with van der Waals surface area (Å²) in [7, 11) is 0. The Labute approximate surface area is 76.2 Å². The van der Waals surface area contributed by atoms with Crippen LogP contribution >= 0.6 is 12.6 Å². The lowest BCUT2D eigenvalue weighted by molar-refractivity contribution is -0.118. The molecule has 1 heterocycles. The van der Waals surface area contributed by atoms with E-state index < -0.39 is 0 Å². The molecule has 12 heavy (non-hydrogen) atoms. The Morgan fingerprint density at radius 2 is 2.67 bits per heavy atom. The quantitative estimate of drug-likeness (QED) is 0.601. The largest absolute Gasteiger partial charge is 0.355 e. The molecule has 0 aliphatic heterocycles. The van der Waals surface area contributed by atoms with Crippen molar-refractivity contribution < 1.29 is 4.79 Å². The van der Waals surface area contributed by atoms with Crippen LogP contribution in [0, 0.1) is 0 Å². The lowest BCUT2D eigenvalue weighted by Gasteiger charge is -2.07. The third kappa shape index (κ3) is 2.58. The van der Waals surface area contributed by atoms with Crippen LogP contribution in [-0.2, 0) is 4.79 Å². The summed E-state index contributed by atoms with van der Waals surface area (Å²) in [4.78, 5) is 17.5. The molecule has 1 aromatic rings. The van der Waals surface area contributed by atoms with Gasteiger partial charge in [-0.3, -0.25) is 4.79 Å².